The Hall–Kier alpha value is -0.740. The Labute approximate surface area is 109 Å². The van der Waals surface area contributed by atoms with Crippen molar-refractivity contribution in [1.82, 2.24) is 5.32 Å². The molecule has 0 saturated carbocycles. The summed E-state index contributed by atoms with van der Waals surface area (Å²) in [6, 6.07) is 4.45. The summed E-state index contributed by atoms with van der Waals surface area (Å²) in [5.74, 6) is 0.480. The molecule has 1 atom stereocenters. The zero-order valence-electron chi connectivity index (χ0n) is 9.21. The van der Waals surface area contributed by atoms with Crippen molar-refractivity contribution in [3.05, 3.63) is 34.6 Å². The first-order chi connectivity index (χ1) is 8.16. The van der Waals surface area contributed by atoms with Crippen LogP contribution in [0.4, 0.5) is 4.39 Å². The maximum Gasteiger partial charge on any atom is 0.225 e. The lowest BCUT2D eigenvalue weighted by molar-refractivity contribution is -0.120. The first kappa shape index (κ1) is 12.7. The van der Waals surface area contributed by atoms with Gasteiger partial charge in [-0.3, -0.25) is 4.79 Å². The Morgan fingerprint density at radius 2 is 2.41 bits per heavy atom. The van der Waals surface area contributed by atoms with E-state index in [1.807, 2.05) is 0 Å². The Kier molecular flexibility index (Phi) is 4.29. The van der Waals surface area contributed by atoms with Crippen molar-refractivity contribution in [1.29, 1.82) is 0 Å². The molecule has 1 aliphatic rings. The van der Waals surface area contributed by atoms with E-state index in [0.29, 0.717) is 5.02 Å². The molecule has 1 aromatic carbocycles. The second-order valence-corrected chi connectivity index (χ2v) is 5.66. The molecule has 0 aromatic heterocycles. The van der Waals surface area contributed by atoms with Crippen molar-refractivity contribution in [3.63, 3.8) is 0 Å². The van der Waals surface area contributed by atoms with E-state index >= 15 is 0 Å². The van der Waals surface area contributed by atoms with Gasteiger partial charge in [0.15, 0.2) is 0 Å². The van der Waals surface area contributed by atoms with Gasteiger partial charge in [-0.15, -0.1) is 11.8 Å². The monoisotopic (exact) mass is 273 g/mol. The minimum Gasteiger partial charge on any atom is -0.344 e. The summed E-state index contributed by atoms with van der Waals surface area (Å²) in [6.45, 7) is 0. The Morgan fingerprint density at radius 3 is 3.06 bits per heavy atom. The number of thioether (sulfide) groups is 1. The van der Waals surface area contributed by atoms with Gasteiger partial charge in [0.1, 0.15) is 5.82 Å². The maximum atomic E-state index is 13.5. The molecule has 1 unspecified atom stereocenters. The summed E-state index contributed by atoms with van der Waals surface area (Å²) in [7, 11) is 0. The highest BCUT2D eigenvalue weighted by Gasteiger charge is 2.19. The van der Waals surface area contributed by atoms with Crippen LogP contribution in [0.1, 0.15) is 18.4 Å². The van der Waals surface area contributed by atoms with Crippen LogP contribution in [0.5, 0.6) is 0 Å². The zero-order chi connectivity index (χ0) is 12.3. The van der Waals surface area contributed by atoms with Crippen LogP contribution >= 0.6 is 23.4 Å². The molecule has 92 valence electrons. The number of rotatable bonds is 3. The smallest absolute Gasteiger partial charge is 0.225 e. The van der Waals surface area contributed by atoms with Gasteiger partial charge in [-0.2, -0.15) is 0 Å². The van der Waals surface area contributed by atoms with E-state index in [9.17, 15) is 9.18 Å². The molecule has 1 fully saturated rings. The average molecular weight is 274 g/mol. The van der Waals surface area contributed by atoms with Crippen LogP contribution in [-0.4, -0.2) is 17.0 Å². The molecule has 1 amide bonds. The second-order valence-electron chi connectivity index (χ2n) is 3.95. The normalized spacial score (nSPS) is 19.3. The molecule has 1 aliphatic heterocycles. The van der Waals surface area contributed by atoms with Crippen molar-refractivity contribution in [2.75, 3.05) is 5.75 Å². The van der Waals surface area contributed by atoms with Crippen LogP contribution in [0.25, 0.3) is 0 Å². The number of hydrogen-bond donors (Lipinski definition) is 1. The standard InChI is InChI=1S/C12H13ClFNOS/c13-9-3-1-4-10(14)8(9)7-11(16)15-12-5-2-6-17-12/h1,3-4,12H,2,5-7H2,(H,15,16). The molecule has 5 heteroatoms. The highest BCUT2D eigenvalue weighted by molar-refractivity contribution is 8.00. The Balaban J connectivity index is 1.97. The number of amides is 1. The molecule has 1 heterocycles. The molecule has 1 saturated heterocycles. The van der Waals surface area contributed by atoms with Gasteiger partial charge in [0.05, 0.1) is 11.8 Å². The van der Waals surface area contributed by atoms with E-state index in [1.54, 1.807) is 17.8 Å². The first-order valence-electron chi connectivity index (χ1n) is 5.50. The van der Waals surface area contributed by atoms with Gasteiger partial charge in [-0.05, 0) is 30.7 Å². The Morgan fingerprint density at radius 1 is 1.59 bits per heavy atom. The highest BCUT2D eigenvalue weighted by atomic mass is 35.5. The summed E-state index contributed by atoms with van der Waals surface area (Å²) in [5, 5.41) is 3.36. The highest BCUT2D eigenvalue weighted by Crippen LogP contribution is 2.24. The van der Waals surface area contributed by atoms with Crippen molar-refractivity contribution in [3.8, 4) is 0 Å². The molecule has 0 bridgehead atoms. The van der Waals surface area contributed by atoms with Gasteiger partial charge >= 0.3 is 0 Å². The van der Waals surface area contributed by atoms with E-state index < -0.39 is 5.82 Å². The van der Waals surface area contributed by atoms with E-state index in [2.05, 4.69) is 5.32 Å². The first-order valence-corrected chi connectivity index (χ1v) is 6.93. The molecule has 0 radical (unpaired) electrons. The number of halogens is 2. The lowest BCUT2D eigenvalue weighted by Crippen LogP contribution is -2.32. The molecular weight excluding hydrogens is 261 g/mol. The summed E-state index contributed by atoms with van der Waals surface area (Å²) in [6.07, 6.45) is 2.11. The van der Waals surface area contributed by atoms with Crippen LogP contribution < -0.4 is 5.32 Å². The third kappa shape index (κ3) is 3.36. The van der Waals surface area contributed by atoms with Gasteiger partial charge in [0, 0.05) is 10.6 Å². The summed E-state index contributed by atoms with van der Waals surface area (Å²) >= 11 is 7.60. The minimum absolute atomic E-state index is 0.00255. The van der Waals surface area contributed by atoms with Crippen LogP contribution in [0.2, 0.25) is 5.02 Å². The van der Waals surface area contributed by atoms with Crippen molar-refractivity contribution < 1.29 is 9.18 Å². The second kappa shape index (κ2) is 5.74. The number of hydrogen-bond acceptors (Lipinski definition) is 2. The molecule has 1 aromatic rings. The molecule has 2 rings (SSSR count). The molecule has 17 heavy (non-hydrogen) atoms. The number of benzene rings is 1. The topological polar surface area (TPSA) is 29.1 Å². The van der Waals surface area contributed by atoms with Crippen molar-refractivity contribution in [2.24, 2.45) is 0 Å². The quantitative estimate of drug-likeness (QED) is 0.917. The summed E-state index contributed by atoms with van der Waals surface area (Å²) in [4.78, 5) is 11.7. The zero-order valence-corrected chi connectivity index (χ0v) is 10.8. The third-order valence-corrected chi connectivity index (χ3v) is 4.29. The molecule has 1 N–H and O–H groups in total. The summed E-state index contributed by atoms with van der Waals surface area (Å²) in [5.41, 5.74) is 0.273. The number of carbonyl (C=O) groups is 1. The van der Waals surface area contributed by atoms with Gasteiger partial charge in [-0.1, -0.05) is 17.7 Å². The fraction of sp³-hybridized carbons (Fsp3) is 0.417. The minimum atomic E-state index is -0.424. The van der Waals surface area contributed by atoms with E-state index in [-0.39, 0.29) is 23.3 Å². The van der Waals surface area contributed by atoms with Crippen LogP contribution in [0.3, 0.4) is 0 Å². The molecule has 0 aliphatic carbocycles. The molecular formula is C12H13ClFNOS. The fourth-order valence-corrected chi connectivity index (χ4v) is 3.18. The predicted octanol–water partition coefficient (Wildman–Crippen LogP) is 2.99. The van der Waals surface area contributed by atoms with E-state index in [4.69, 9.17) is 11.6 Å². The average Bonchev–Trinajstić information content (AvgIpc) is 2.76. The number of nitrogens with one attached hydrogen (secondary N) is 1. The van der Waals surface area contributed by atoms with Gasteiger partial charge in [-0.25, -0.2) is 4.39 Å². The van der Waals surface area contributed by atoms with Crippen LogP contribution in [-0.2, 0) is 11.2 Å². The number of carbonyl (C=O) groups excluding carboxylic acids is 1. The molecule has 0 spiro atoms. The SMILES string of the molecule is O=C(Cc1c(F)cccc1Cl)NC1CCCS1. The third-order valence-electron chi connectivity index (χ3n) is 2.65. The maximum absolute atomic E-state index is 13.5. The predicted molar refractivity (Wildman–Crippen MR) is 68.7 cm³/mol. The van der Waals surface area contributed by atoms with Gasteiger partial charge < -0.3 is 5.32 Å². The Bertz CT molecular complexity index is 401. The summed E-state index contributed by atoms with van der Waals surface area (Å²) < 4.78 is 13.5. The fourth-order valence-electron chi connectivity index (χ4n) is 1.78. The largest absolute Gasteiger partial charge is 0.344 e. The van der Waals surface area contributed by atoms with E-state index in [1.165, 1.54) is 12.1 Å². The van der Waals surface area contributed by atoms with Crippen LogP contribution in [0, 0.1) is 5.82 Å². The lowest BCUT2D eigenvalue weighted by Gasteiger charge is -2.12. The van der Waals surface area contributed by atoms with E-state index in [0.717, 1.165) is 18.6 Å². The lowest BCUT2D eigenvalue weighted by atomic mass is 10.1. The van der Waals surface area contributed by atoms with Crippen LogP contribution in [0.15, 0.2) is 18.2 Å². The molecule has 2 nitrogen and oxygen atoms in total. The van der Waals surface area contributed by atoms with Gasteiger partial charge in [0.25, 0.3) is 0 Å². The van der Waals surface area contributed by atoms with Gasteiger partial charge in [0.2, 0.25) is 5.91 Å². The van der Waals surface area contributed by atoms with Crippen molar-refractivity contribution in [2.45, 2.75) is 24.6 Å². The van der Waals surface area contributed by atoms with Crippen molar-refractivity contribution >= 4 is 29.3 Å².